The minimum Gasteiger partial charge on any atom is -0.313 e. The molecule has 0 aliphatic heterocycles. The second kappa shape index (κ2) is 6.02. The predicted molar refractivity (Wildman–Crippen MR) is 71.8 cm³/mol. The van der Waals surface area contributed by atoms with Gasteiger partial charge >= 0.3 is 0 Å². The Kier molecular flexibility index (Phi) is 5.26. The molecular formula is C14H30N2. The van der Waals surface area contributed by atoms with E-state index in [4.69, 9.17) is 0 Å². The lowest BCUT2D eigenvalue weighted by Crippen LogP contribution is -2.44. The molecule has 0 aromatic carbocycles. The molecule has 0 radical (unpaired) electrons. The van der Waals surface area contributed by atoms with Crippen molar-refractivity contribution >= 4 is 0 Å². The molecule has 0 aromatic heterocycles. The van der Waals surface area contributed by atoms with Crippen molar-refractivity contribution in [1.29, 1.82) is 0 Å². The minimum atomic E-state index is 0.474. The van der Waals surface area contributed by atoms with Gasteiger partial charge in [-0.2, -0.15) is 0 Å². The molecule has 0 atom stereocenters. The van der Waals surface area contributed by atoms with Crippen molar-refractivity contribution in [2.75, 3.05) is 20.1 Å². The predicted octanol–water partition coefficient (Wildman–Crippen LogP) is 2.89. The van der Waals surface area contributed by atoms with E-state index in [0.29, 0.717) is 11.5 Å². The zero-order chi connectivity index (χ0) is 12.2. The van der Waals surface area contributed by atoms with Crippen molar-refractivity contribution in [3.05, 3.63) is 0 Å². The van der Waals surface area contributed by atoms with Gasteiger partial charge in [-0.3, -0.25) is 0 Å². The van der Waals surface area contributed by atoms with Gasteiger partial charge in [-0.05, 0) is 52.0 Å². The van der Waals surface area contributed by atoms with Crippen LogP contribution in [0.4, 0.5) is 0 Å². The SMILES string of the molecule is CCC(CC)(CNC1CC1)CN(C)C(C)C. The summed E-state index contributed by atoms with van der Waals surface area (Å²) in [5.41, 5.74) is 0.474. The maximum atomic E-state index is 3.72. The monoisotopic (exact) mass is 226 g/mol. The van der Waals surface area contributed by atoms with Crippen molar-refractivity contribution in [3.8, 4) is 0 Å². The Morgan fingerprint density at radius 2 is 1.81 bits per heavy atom. The zero-order valence-electron chi connectivity index (χ0n) is 11.8. The summed E-state index contributed by atoms with van der Waals surface area (Å²) >= 11 is 0. The normalized spacial score (nSPS) is 17.4. The van der Waals surface area contributed by atoms with Gasteiger partial charge in [0.15, 0.2) is 0 Å². The number of nitrogens with zero attached hydrogens (tertiary/aromatic N) is 1. The number of hydrogen-bond acceptors (Lipinski definition) is 2. The van der Waals surface area contributed by atoms with Gasteiger partial charge in [0.25, 0.3) is 0 Å². The quantitative estimate of drug-likeness (QED) is 0.684. The molecule has 2 nitrogen and oxygen atoms in total. The molecule has 1 aliphatic rings. The van der Waals surface area contributed by atoms with E-state index < -0.39 is 0 Å². The molecule has 1 rings (SSSR count). The fourth-order valence-corrected chi connectivity index (χ4v) is 2.14. The summed E-state index contributed by atoms with van der Waals surface area (Å²) < 4.78 is 0. The highest BCUT2D eigenvalue weighted by Gasteiger charge is 2.31. The van der Waals surface area contributed by atoms with Crippen LogP contribution < -0.4 is 5.32 Å². The molecule has 0 amide bonds. The Balaban J connectivity index is 2.47. The Morgan fingerprint density at radius 1 is 1.25 bits per heavy atom. The van der Waals surface area contributed by atoms with Crippen LogP contribution >= 0.6 is 0 Å². The van der Waals surface area contributed by atoms with E-state index >= 15 is 0 Å². The average molecular weight is 226 g/mol. The first-order chi connectivity index (χ1) is 7.53. The number of hydrogen-bond donors (Lipinski definition) is 1. The molecule has 0 unspecified atom stereocenters. The standard InChI is InChI=1S/C14H30N2/c1-6-14(7-2,10-15-13-8-9-13)11-16(5)12(3)4/h12-13,15H,6-11H2,1-5H3. The lowest BCUT2D eigenvalue weighted by atomic mass is 9.81. The van der Waals surface area contributed by atoms with Gasteiger partial charge in [-0.15, -0.1) is 0 Å². The fraction of sp³-hybridized carbons (Fsp3) is 1.00. The van der Waals surface area contributed by atoms with Crippen LogP contribution in [0.1, 0.15) is 53.4 Å². The van der Waals surface area contributed by atoms with Crippen LogP contribution in [0.25, 0.3) is 0 Å². The van der Waals surface area contributed by atoms with E-state index in [1.54, 1.807) is 0 Å². The molecule has 0 saturated heterocycles. The van der Waals surface area contributed by atoms with Gasteiger partial charge in [0.05, 0.1) is 0 Å². The fourth-order valence-electron chi connectivity index (χ4n) is 2.14. The Labute approximate surface area is 102 Å². The van der Waals surface area contributed by atoms with Crippen molar-refractivity contribution in [2.45, 2.75) is 65.5 Å². The highest BCUT2D eigenvalue weighted by molar-refractivity contribution is 4.88. The highest BCUT2D eigenvalue weighted by Crippen LogP contribution is 2.29. The van der Waals surface area contributed by atoms with E-state index in [1.807, 2.05) is 0 Å². The second-order valence-electron chi connectivity index (χ2n) is 5.87. The summed E-state index contributed by atoms with van der Waals surface area (Å²) in [5.74, 6) is 0. The summed E-state index contributed by atoms with van der Waals surface area (Å²) in [6.45, 7) is 11.7. The first-order valence-electron chi connectivity index (χ1n) is 6.96. The molecule has 0 spiro atoms. The molecule has 0 aromatic rings. The third kappa shape index (κ3) is 4.06. The minimum absolute atomic E-state index is 0.474. The zero-order valence-corrected chi connectivity index (χ0v) is 11.8. The number of nitrogens with one attached hydrogen (secondary N) is 1. The van der Waals surface area contributed by atoms with Crippen molar-refractivity contribution in [2.24, 2.45) is 5.41 Å². The van der Waals surface area contributed by atoms with Gasteiger partial charge in [0.1, 0.15) is 0 Å². The van der Waals surface area contributed by atoms with Crippen molar-refractivity contribution in [1.82, 2.24) is 10.2 Å². The summed E-state index contributed by atoms with van der Waals surface area (Å²) in [6, 6.07) is 1.49. The third-order valence-corrected chi connectivity index (χ3v) is 4.31. The van der Waals surface area contributed by atoms with Crippen LogP contribution in [0.3, 0.4) is 0 Å². The van der Waals surface area contributed by atoms with Crippen molar-refractivity contribution < 1.29 is 0 Å². The molecule has 1 aliphatic carbocycles. The Morgan fingerprint density at radius 3 is 2.19 bits per heavy atom. The average Bonchev–Trinajstić information content (AvgIpc) is 3.07. The van der Waals surface area contributed by atoms with Crippen LogP contribution in [0.15, 0.2) is 0 Å². The molecular weight excluding hydrogens is 196 g/mol. The van der Waals surface area contributed by atoms with Gasteiger partial charge < -0.3 is 10.2 Å². The molecule has 0 bridgehead atoms. The third-order valence-electron chi connectivity index (χ3n) is 4.31. The van der Waals surface area contributed by atoms with E-state index in [-0.39, 0.29) is 0 Å². The van der Waals surface area contributed by atoms with Gasteiger partial charge in [-0.1, -0.05) is 13.8 Å². The lowest BCUT2D eigenvalue weighted by Gasteiger charge is -2.37. The molecule has 0 heterocycles. The summed E-state index contributed by atoms with van der Waals surface area (Å²) in [4.78, 5) is 2.49. The van der Waals surface area contributed by atoms with Crippen LogP contribution in [0.2, 0.25) is 0 Å². The summed E-state index contributed by atoms with van der Waals surface area (Å²) in [6.07, 6.45) is 5.34. The van der Waals surface area contributed by atoms with Gasteiger partial charge in [0.2, 0.25) is 0 Å². The number of rotatable bonds is 8. The lowest BCUT2D eigenvalue weighted by molar-refractivity contribution is 0.133. The molecule has 1 saturated carbocycles. The largest absolute Gasteiger partial charge is 0.313 e. The molecule has 96 valence electrons. The van der Waals surface area contributed by atoms with E-state index in [1.165, 1.54) is 38.8 Å². The van der Waals surface area contributed by atoms with Crippen LogP contribution in [0.5, 0.6) is 0 Å². The Bertz CT molecular complexity index is 193. The molecule has 1 fully saturated rings. The van der Waals surface area contributed by atoms with Gasteiger partial charge in [-0.25, -0.2) is 0 Å². The molecule has 1 N–H and O–H groups in total. The van der Waals surface area contributed by atoms with Gasteiger partial charge in [0, 0.05) is 25.2 Å². The van der Waals surface area contributed by atoms with Crippen LogP contribution in [-0.2, 0) is 0 Å². The van der Waals surface area contributed by atoms with Crippen molar-refractivity contribution in [3.63, 3.8) is 0 Å². The highest BCUT2D eigenvalue weighted by atomic mass is 15.1. The summed E-state index contributed by atoms with van der Waals surface area (Å²) in [5, 5.41) is 3.72. The van der Waals surface area contributed by atoms with Crippen LogP contribution in [-0.4, -0.2) is 37.1 Å². The van der Waals surface area contributed by atoms with E-state index in [2.05, 4.69) is 45.0 Å². The van der Waals surface area contributed by atoms with E-state index in [9.17, 15) is 0 Å². The summed E-state index contributed by atoms with van der Waals surface area (Å²) in [7, 11) is 2.25. The topological polar surface area (TPSA) is 15.3 Å². The maximum Gasteiger partial charge on any atom is 0.00684 e. The van der Waals surface area contributed by atoms with Crippen LogP contribution in [0, 0.1) is 5.41 Å². The maximum absolute atomic E-state index is 3.72. The molecule has 16 heavy (non-hydrogen) atoms. The first-order valence-corrected chi connectivity index (χ1v) is 6.96. The smallest absolute Gasteiger partial charge is 0.00684 e. The Hall–Kier alpha value is -0.0800. The van der Waals surface area contributed by atoms with E-state index in [0.717, 1.165) is 6.04 Å². The first kappa shape index (κ1) is 14.0. The second-order valence-corrected chi connectivity index (χ2v) is 5.87. The molecule has 2 heteroatoms.